The molecule has 16 heteroatoms. The minimum atomic E-state index is -0.719. The molecule has 6 heterocycles. The second-order valence-corrected chi connectivity index (χ2v) is 22.7. The molecule has 7 fully saturated rings. The summed E-state index contributed by atoms with van der Waals surface area (Å²) in [5, 5.41) is 21.2. The average Bonchev–Trinajstić information content (AvgIpc) is 4.07. The van der Waals surface area contributed by atoms with Crippen LogP contribution in [0.3, 0.4) is 0 Å². The molecule has 2 unspecified atom stereocenters. The number of likely N-dealkylation sites (tertiary alicyclic amines) is 2. The highest BCUT2D eigenvalue weighted by atomic mass is 19.1. The molecule has 4 N–H and O–H groups in total. The lowest BCUT2D eigenvalue weighted by Crippen LogP contribution is -2.56. The number of aldehydes is 1. The summed E-state index contributed by atoms with van der Waals surface area (Å²) in [5.74, 6) is 2.09. The van der Waals surface area contributed by atoms with Gasteiger partial charge in [0.2, 0.25) is 6.41 Å². The molecule has 2 bridgehead atoms. The van der Waals surface area contributed by atoms with Crippen LogP contribution in [-0.2, 0) is 9.59 Å². The van der Waals surface area contributed by atoms with E-state index >= 15 is 13.2 Å². The molecule has 3 aromatic carbocycles. The van der Waals surface area contributed by atoms with Crippen LogP contribution < -0.4 is 25.6 Å². The maximum Gasteiger partial charge on any atom is 0.319 e. The Morgan fingerprint density at radius 2 is 1.64 bits per heavy atom. The number of amides is 1. The maximum atomic E-state index is 17.1. The van der Waals surface area contributed by atoms with Gasteiger partial charge in [0.15, 0.2) is 5.82 Å². The van der Waals surface area contributed by atoms with E-state index in [1.54, 1.807) is 19.3 Å². The van der Waals surface area contributed by atoms with Crippen LogP contribution >= 0.6 is 0 Å². The number of piperazine rings is 1. The summed E-state index contributed by atoms with van der Waals surface area (Å²) in [5.41, 5.74) is 1.41. The SMILES string of the molecule is C#Cc1c(F)ccc2cc(O)cc(-c3ncc4c(N5CC6CCC(C5)N6)nc(OCC5(CN6CCC7(CC6)CC(N6CCC(c8ccc(NC9(C=O)CC(C)C9)cc8F)CC6)C7)CC5)nc4c3F)c12.CNC=O. The summed E-state index contributed by atoms with van der Waals surface area (Å²) in [6.07, 6.45) is 21.5. The number of phenolic OH excluding ortho intramolecular Hbond substituents is 1. The first-order valence-electron chi connectivity index (χ1n) is 26.3. The summed E-state index contributed by atoms with van der Waals surface area (Å²) in [6, 6.07) is 12.4. The Balaban J connectivity index is 0.00000139. The second kappa shape index (κ2) is 19.7. The van der Waals surface area contributed by atoms with Gasteiger partial charge in [0.25, 0.3) is 0 Å². The average molecular weight is 998 g/mol. The molecule has 12 rings (SSSR count). The predicted octanol–water partition coefficient (Wildman–Crippen LogP) is 8.31. The number of aromatic nitrogens is 3. The van der Waals surface area contributed by atoms with Crippen molar-refractivity contribution in [2.45, 2.75) is 114 Å². The van der Waals surface area contributed by atoms with Crippen LogP contribution in [0.2, 0.25) is 0 Å². The number of halogens is 3. The van der Waals surface area contributed by atoms with Crippen molar-refractivity contribution in [3.63, 3.8) is 0 Å². The Hall–Kier alpha value is -6.02. The van der Waals surface area contributed by atoms with Crippen molar-refractivity contribution in [1.82, 2.24) is 35.4 Å². The summed E-state index contributed by atoms with van der Waals surface area (Å²) in [6.45, 7) is 9.05. The Morgan fingerprint density at radius 3 is 2.29 bits per heavy atom. The zero-order valence-corrected chi connectivity index (χ0v) is 41.9. The molecule has 384 valence electrons. The number of anilines is 2. The first kappa shape index (κ1) is 49.2. The Morgan fingerprint density at radius 1 is 0.918 bits per heavy atom. The van der Waals surface area contributed by atoms with Crippen molar-refractivity contribution >= 4 is 45.9 Å². The van der Waals surface area contributed by atoms with Crippen LogP contribution in [0.15, 0.2) is 48.7 Å². The molecule has 4 saturated heterocycles. The number of rotatable bonds is 13. The number of terminal acetylenes is 1. The van der Waals surface area contributed by atoms with Gasteiger partial charge in [-0.2, -0.15) is 9.97 Å². The number of fused-ring (bicyclic) bond motifs is 4. The minimum absolute atomic E-state index is 0.0228. The van der Waals surface area contributed by atoms with Gasteiger partial charge in [-0.3, -0.25) is 9.78 Å². The van der Waals surface area contributed by atoms with Crippen molar-refractivity contribution < 1.29 is 32.6 Å². The van der Waals surface area contributed by atoms with Gasteiger partial charge in [-0.25, -0.2) is 13.2 Å². The van der Waals surface area contributed by atoms with Crippen molar-refractivity contribution in [3.8, 4) is 35.4 Å². The quantitative estimate of drug-likeness (QED) is 0.0665. The van der Waals surface area contributed by atoms with Crippen LogP contribution in [0, 0.1) is 46.5 Å². The topological polar surface area (TPSA) is 148 Å². The van der Waals surface area contributed by atoms with Gasteiger partial charge in [-0.1, -0.05) is 25.0 Å². The zero-order valence-electron chi connectivity index (χ0n) is 41.9. The number of phenols is 1. The van der Waals surface area contributed by atoms with Crippen molar-refractivity contribution in [2.75, 3.05) is 69.7 Å². The molecule has 7 aliphatic rings. The number of benzene rings is 3. The third kappa shape index (κ3) is 9.69. The second-order valence-electron chi connectivity index (χ2n) is 22.7. The first-order valence-corrected chi connectivity index (χ1v) is 26.3. The normalized spacial score (nSPS) is 25.5. The Labute approximate surface area is 425 Å². The number of nitrogens with one attached hydrogen (secondary N) is 3. The molecule has 0 radical (unpaired) electrons. The van der Waals surface area contributed by atoms with E-state index in [4.69, 9.17) is 25.9 Å². The zero-order chi connectivity index (χ0) is 50.6. The summed E-state index contributed by atoms with van der Waals surface area (Å²) >= 11 is 0. The molecule has 73 heavy (non-hydrogen) atoms. The molecule has 13 nitrogen and oxygen atoms in total. The van der Waals surface area contributed by atoms with Gasteiger partial charge in [0.1, 0.15) is 40.7 Å². The Bertz CT molecular complexity index is 2940. The number of hydrogen-bond donors (Lipinski definition) is 4. The molecular formula is C57H66F3N9O4. The number of hydrogen-bond acceptors (Lipinski definition) is 12. The van der Waals surface area contributed by atoms with Gasteiger partial charge in [-0.15, -0.1) is 6.42 Å². The summed E-state index contributed by atoms with van der Waals surface area (Å²) in [4.78, 5) is 42.6. The van der Waals surface area contributed by atoms with E-state index in [0.717, 1.165) is 95.9 Å². The van der Waals surface area contributed by atoms with E-state index in [2.05, 4.69) is 48.5 Å². The van der Waals surface area contributed by atoms with Gasteiger partial charge in [0, 0.05) is 73.1 Å². The number of piperidine rings is 2. The first-order chi connectivity index (χ1) is 35.3. The number of aromatic hydroxyl groups is 1. The monoisotopic (exact) mass is 998 g/mol. The number of ether oxygens (including phenoxy) is 1. The van der Waals surface area contributed by atoms with Crippen molar-refractivity contribution in [3.05, 3.63) is 77.2 Å². The number of carbonyl (C=O) groups excluding carboxylic acids is 2. The van der Waals surface area contributed by atoms with Crippen LogP contribution in [0.25, 0.3) is 32.9 Å². The lowest BCUT2D eigenvalue weighted by Gasteiger charge is -2.56. The maximum absolute atomic E-state index is 17.1. The lowest BCUT2D eigenvalue weighted by atomic mass is 9.59. The highest BCUT2D eigenvalue weighted by Gasteiger charge is 2.51. The third-order valence-corrected chi connectivity index (χ3v) is 17.5. The van der Waals surface area contributed by atoms with Gasteiger partial charge in [-0.05, 0) is 162 Å². The van der Waals surface area contributed by atoms with Crippen molar-refractivity contribution in [2.24, 2.45) is 16.7 Å². The van der Waals surface area contributed by atoms with Crippen LogP contribution in [0.1, 0.15) is 101 Å². The summed E-state index contributed by atoms with van der Waals surface area (Å²) in [7, 11) is 1.56. The number of carbonyl (C=O) groups is 2. The largest absolute Gasteiger partial charge is 0.508 e. The highest BCUT2D eigenvalue weighted by molar-refractivity contribution is 6.03. The third-order valence-electron chi connectivity index (χ3n) is 17.5. The van der Waals surface area contributed by atoms with Crippen LogP contribution in [0.5, 0.6) is 11.8 Å². The van der Waals surface area contributed by atoms with E-state index in [0.29, 0.717) is 77.8 Å². The van der Waals surface area contributed by atoms with E-state index in [9.17, 15) is 9.90 Å². The Kier molecular flexibility index (Phi) is 13.3. The lowest BCUT2D eigenvalue weighted by molar-refractivity contribution is -0.115. The van der Waals surface area contributed by atoms with Gasteiger partial charge in [0.05, 0.1) is 23.1 Å². The van der Waals surface area contributed by atoms with E-state index in [-0.39, 0.29) is 56.6 Å². The van der Waals surface area contributed by atoms with E-state index in [1.165, 1.54) is 49.9 Å². The van der Waals surface area contributed by atoms with Gasteiger partial charge < -0.3 is 45.3 Å². The standard InChI is InChI=1S/C55H61F3N8O3.C2H5NO/c1-3-41-45(56)9-4-35-20-40(68)22-43(47(35)41)49-48(58)50-44(27-59-49)51(66-28-37-5-6-38(29-66)60-37)62-52(61-50)69-32-54(12-13-54)30-64-18-14-53(15-19-64)25-39(26-53)65-16-10-34(11-17-65)42-8-7-36(21-46(42)57)63-55(31-67)23-33(2)24-55;1-3-2-4/h1,4,7-9,20-22,27,31,33-34,37-39,60,63,68H,5-6,10-19,23-26,28-30,32H2,2H3;2H,1H3,(H,3,4). The summed E-state index contributed by atoms with van der Waals surface area (Å²) < 4.78 is 54.2. The van der Waals surface area contributed by atoms with Crippen molar-refractivity contribution in [1.29, 1.82) is 0 Å². The number of nitrogens with zero attached hydrogens (tertiary/aromatic N) is 6. The molecule has 1 spiro atoms. The molecule has 5 aromatic rings. The molecule has 2 aromatic heterocycles. The fraction of sp³-hybridized carbons (Fsp3) is 0.526. The smallest absolute Gasteiger partial charge is 0.319 e. The van der Waals surface area contributed by atoms with E-state index < -0.39 is 17.2 Å². The molecule has 4 aliphatic heterocycles. The molecule has 3 aliphatic carbocycles. The van der Waals surface area contributed by atoms with E-state index in [1.807, 2.05) is 12.1 Å². The fourth-order valence-electron chi connectivity index (χ4n) is 13.5. The van der Waals surface area contributed by atoms with Crippen LogP contribution in [-0.4, -0.2) is 126 Å². The van der Waals surface area contributed by atoms with Gasteiger partial charge >= 0.3 is 6.01 Å². The molecule has 2 atom stereocenters. The number of pyridine rings is 1. The molecule has 1 amide bonds. The fourth-order valence-corrected chi connectivity index (χ4v) is 13.5. The predicted molar refractivity (Wildman–Crippen MR) is 276 cm³/mol. The minimum Gasteiger partial charge on any atom is -0.508 e. The van der Waals surface area contributed by atoms with Crippen LogP contribution in [0.4, 0.5) is 24.7 Å². The molecular weight excluding hydrogens is 932 g/mol. The highest BCUT2D eigenvalue weighted by Crippen LogP contribution is 2.54. The molecule has 3 saturated carbocycles.